The number of allylic oxidation sites excluding steroid dienone is 2. The minimum Gasteiger partial charge on any atom is -0.382 e. The molecule has 0 aliphatic carbocycles. The summed E-state index contributed by atoms with van der Waals surface area (Å²) in [5.41, 5.74) is 0. The van der Waals surface area contributed by atoms with E-state index in [2.05, 4.69) is 140 Å². The van der Waals surface area contributed by atoms with Gasteiger partial charge in [0.25, 0.3) is 0 Å². The smallest absolute Gasteiger partial charge is 0.382 e. The van der Waals surface area contributed by atoms with Gasteiger partial charge in [-0.05, 0) is 92.2 Å². The molecule has 1 saturated heterocycles. The molecule has 0 radical (unpaired) electrons. The lowest BCUT2D eigenvalue weighted by atomic mass is 9.82. The van der Waals surface area contributed by atoms with E-state index in [1.54, 1.807) is 14.0 Å². The Morgan fingerprint density at radius 1 is 0.872 bits per heavy atom. The Labute approximate surface area is 285 Å². The van der Waals surface area contributed by atoms with Gasteiger partial charge in [0.2, 0.25) is 0 Å². The van der Waals surface area contributed by atoms with Gasteiger partial charge in [0.1, 0.15) is 20.1 Å². The molecular weight excluding hydrogens is 630 g/mol. The zero-order valence-electron chi connectivity index (χ0n) is 26.6. The minimum atomic E-state index is -4.16. The van der Waals surface area contributed by atoms with E-state index in [4.69, 9.17) is 26.2 Å². The van der Waals surface area contributed by atoms with Crippen LogP contribution in [0.25, 0.3) is 0 Å². The van der Waals surface area contributed by atoms with Crippen molar-refractivity contribution < 1.29 is 28.0 Å². The molecule has 1 fully saturated rings. The van der Waals surface area contributed by atoms with Crippen molar-refractivity contribution >= 4 is 33.0 Å². The molecule has 1 rings (SSSR count). The summed E-state index contributed by atoms with van der Waals surface area (Å²) in [5.74, 6) is 48.2. The molecule has 0 saturated carbocycles. The maximum Gasteiger partial charge on any atom is 0.472 e. The molecule has 0 bridgehead atoms. The number of ether oxygens (including phenoxy) is 2. The van der Waals surface area contributed by atoms with E-state index < -0.39 is 20.0 Å². The molecule has 5 atom stereocenters. The number of methoxy groups -OCH3 is 1. The molecule has 0 amide bonds. The van der Waals surface area contributed by atoms with Crippen molar-refractivity contribution in [1.82, 2.24) is 10.6 Å². The third-order valence-electron chi connectivity index (χ3n) is 5.68. The number of hydrogen-bond donors (Lipinski definition) is 3. The Morgan fingerprint density at radius 2 is 1.40 bits per heavy atom. The quantitative estimate of drug-likeness (QED) is 0.0545. The highest BCUT2D eigenvalue weighted by molar-refractivity contribution is 7.80. The Bertz CT molecular complexity index is 1810. The van der Waals surface area contributed by atoms with Crippen LogP contribution in [-0.2, 0) is 23.1 Å². The number of rotatable bonds is 12. The summed E-state index contributed by atoms with van der Waals surface area (Å²) in [4.78, 5) is 9.81. The number of hydrogen-bond acceptors (Lipinski definition) is 6. The minimum absolute atomic E-state index is 0.110. The van der Waals surface area contributed by atoms with Crippen molar-refractivity contribution in [1.29, 1.82) is 0 Å². The zero-order valence-corrected chi connectivity index (χ0v) is 28.3. The monoisotopic (exact) mass is 662 g/mol. The van der Waals surface area contributed by atoms with Crippen molar-refractivity contribution in [2.24, 2.45) is 5.92 Å². The first-order valence-electron chi connectivity index (χ1n) is 14.2. The van der Waals surface area contributed by atoms with E-state index in [-0.39, 0.29) is 18.5 Å². The van der Waals surface area contributed by atoms with Gasteiger partial charge < -0.3 is 19.7 Å². The van der Waals surface area contributed by atoms with Crippen LogP contribution in [0.1, 0.15) is 32.6 Å². The fraction of sp³-hybridized carbons (Fsp3) is 0.361. The number of phosphoric acid groups is 1. The second kappa shape index (κ2) is 26.4. The molecule has 0 spiro atoms. The molecular formula is C36H32BN2O6PS. The topological polar surface area (TPSA) is 98.3 Å². The van der Waals surface area contributed by atoms with Gasteiger partial charge in [0.15, 0.2) is 5.11 Å². The average Bonchev–Trinajstić information content (AvgIpc) is 3.33. The highest BCUT2D eigenvalue weighted by atomic mass is 32.1. The maximum atomic E-state index is 12.0. The molecule has 1 aliphatic heterocycles. The molecule has 236 valence electrons. The van der Waals surface area contributed by atoms with Crippen molar-refractivity contribution in [3.63, 3.8) is 0 Å². The summed E-state index contributed by atoms with van der Waals surface area (Å²) in [6.07, 6.45) is 6.40. The van der Waals surface area contributed by atoms with E-state index >= 15 is 0 Å². The largest absolute Gasteiger partial charge is 0.472 e. The van der Waals surface area contributed by atoms with Crippen molar-refractivity contribution in [2.45, 2.75) is 50.8 Å². The van der Waals surface area contributed by atoms with Crippen LogP contribution in [-0.4, -0.2) is 63.4 Å². The summed E-state index contributed by atoms with van der Waals surface area (Å²) >= 11 is 5.20. The number of nitrogens with one attached hydrogen (secondary N) is 2. The second-order valence-corrected chi connectivity index (χ2v) is 10.9. The highest BCUT2D eigenvalue weighted by Crippen LogP contribution is 2.48. The first-order valence-corrected chi connectivity index (χ1v) is 16.1. The Morgan fingerprint density at radius 3 is 1.91 bits per heavy atom. The average molecular weight is 663 g/mol. The normalized spacial score (nSPS) is 17.5. The van der Waals surface area contributed by atoms with Crippen LogP contribution in [0.5, 0.6) is 0 Å². The molecule has 0 aromatic carbocycles. The van der Waals surface area contributed by atoms with Crippen molar-refractivity contribution in [3.05, 3.63) is 12.2 Å². The Hall–Kier alpha value is -4.88. The van der Waals surface area contributed by atoms with E-state index in [1.165, 1.54) is 0 Å². The molecule has 47 heavy (non-hydrogen) atoms. The first kappa shape index (κ1) is 40.1. The van der Waals surface area contributed by atoms with Gasteiger partial charge in [-0.1, -0.05) is 18.1 Å². The van der Waals surface area contributed by atoms with Crippen LogP contribution in [0.15, 0.2) is 12.2 Å². The lowest BCUT2D eigenvalue weighted by Gasteiger charge is -2.24. The molecule has 1 aliphatic rings. The SMILES string of the molecule is B[C@@H]1O[C@H](COC)C(OP(=O)(O)OC)[C@@H]1C/C=C/CCCCNC(=S)NC#CC#CC#CC#CC#CC#CC#CC#CC#CC#CC. The van der Waals surface area contributed by atoms with Crippen molar-refractivity contribution in [2.75, 3.05) is 27.4 Å². The molecule has 8 nitrogen and oxygen atoms in total. The standard InChI is InChI=1S/C36H32BN2O6PS/c1-4-5-6-7-8-9-10-11-12-13-14-15-16-17-18-19-20-23-26-29-38-36(47)39-30-27-24-21-22-25-28-32-34(45-46(40,41)43-3)33(31-42-2)44-35(32)37/h22,25,32-35H,21,24,27-28,30-31,37H2,1-3H3,(H,40,41)(H2,38,39,47)/b25-22+/t32-,33+,34?,35+/m0/s1. The fourth-order valence-corrected chi connectivity index (χ4v) is 4.49. The molecule has 3 N–H and O–H groups in total. The predicted octanol–water partition coefficient (Wildman–Crippen LogP) is 1.33. The fourth-order valence-electron chi connectivity index (χ4n) is 3.65. The van der Waals surface area contributed by atoms with E-state index in [0.717, 1.165) is 26.4 Å². The van der Waals surface area contributed by atoms with Crippen LogP contribution >= 0.6 is 20.0 Å². The van der Waals surface area contributed by atoms with Gasteiger partial charge >= 0.3 is 7.82 Å². The van der Waals surface area contributed by atoms with E-state index in [9.17, 15) is 9.46 Å². The van der Waals surface area contributed by atoms with Crippen molar-refractivity contribution in [3.8, 4) is 119 Å². The molecule has 0 aromatic heterocycles. The van der Waals surface area contributed by atoms with Gasteiger partial charge in [-0.15, -0.1) is 0 Å². The summed E-state index contributed by atoms with van der Waals surface area (Å²) in [5, 5.41) is 6.24. The van der Waals surface area contributed by atoms with Crippen LogP contribution in [0, 0.1) is 124 Å². The van der Waals surface area contributed by atoms with E-state index in [1.807, 2.05) is 13.9 Å². The van der Waals surface area contributed by atoms with E-state index in [0.29, 0.717) is 18.1 Å². The summed E-state index contributed by atoms with van der Waals surface area (Å²) in [6.45, 7) is 2.63. The highest BCUT2D eigenvalue weighted by Gasteiger charge is 2.45. The number of phosphoric ester groups is 1. The molecule has 1 heterocycles. The van der Waals surface area contributed by atoms with Crippen LogP contribution in [0.2, 0.25) is 0 Å². The van der Waals surface area contributed by atoms with Crippen LogP contribution in [0.3, 0.4) is 0 Å². The third-order valence-corrected chi connectivity index (χ3v) is 6.90. The lowest BCUT2D eigenvalue weighted by molar-refractivity contribution is -0.0192. The summed E-state index contributed by atoms with van der Waals surface area (Å²) in [6, 6.07) is 2.48. The third kappa shape index (κ3) is 20.7. The first-order chi connectivity index (χ1) is 22.8. The number of thiocarbonyl (C=S) groups is 1. The molecule has 2 unspecified atom stereocenters. The lowest BCUT2D eigenvalue weighted by Crippen LogP contribution is -2.32. The maximum absolute atomic E-state index is 12.0. The van der Waals surface area contributed by atoms with Gasteiger partial charge in [-0.25, -0.2) is 4.57 Å². The summed E-state index contributed by atoms with van der Waals surface area (Å²) < 4.78 is 33.1. The number of unbranched alkanes of at least 4 members (excludes halogenated alkanes) is 2. The second-order valence-electron chi connectivity index (χ2n) is 8.93. The molecule has 0 aromatic rings. The van der Waals surface area contributed by atoms with Gasteiger partial charge in [-0.3, -0.25) is 14.4 Å². The van der Waals surface area contributed by atoms with Crippen LogP contribution in [0.4, 0.5) is 0 Å². The summed E-state index contributed by atoms with van der Waals surface area (Å²) in [7, 11) is 0.436. The van der Waals surface area contributed by atoms with Gasteiger partial charge in [-0.2, -0.15) is 0 Å². The Balaban J connectivity index is 2.29. The van der Waals surface area contributed by atoms with Crippen LogP contribution < -0.4 is 10.6 Å². The predicted molar refractivity (Wildman–Crippen MR) is 189 cm³/mol. The molecule has 11 heteroatoms. The zero-order chi connectivity index (χ0) is 34.4. The van der Waals surface area contributed by atoms with Gasteiger partial charge in [0.05, 0.1) is 6.61 Å². The Kier molecular flexibility index (Phi) is 22.5. The van der Waals surface area contributed by atoms with Gasteiger partial charge in [0, 0.05) is 97.9 Å².